The van der Waals surface area contributed by atoms with Crippen LogP contribution in [0, 0.1) is 0 Å². The van der Waals surface area contributed by atoms with E-state index in [0.29, 0.717) is 16.4 Å². The Morgan fingerprint density at radius 2 is 1.33 bits per heavy atom. The predicted molar refractivity (Wildman–Crippen MR) is 187 cm³/mol. The molecular weight excluding hydrogens is 573 g/mol. The van der Waals surface area contributed by atoms with Gasteiger partial charge in [0.15, 0.2) is 0 Å². The van der Waals surface area contributed by atoms with Crippen molar-refractivity contribution in [2.24, 2.45) is 0 Å². The van der Waals surface area contributed by atoms with E-state index in [0.717, 1.165) is 28.1 Å². The van der Waals surface area contributed by atoms with Crippen LogP contribution in [-0.4, -0.2) is 19.1 Å². The van der Waals surface area contributed by atoms with Gasteiger partial charge >= 0.3 is 0 Å². The molecule has 0 saturated heterocycles. The maximum absolute atomic E-state index is 13.8. The first-order valence-corrected chi connectivity index (χ1v) is 15.7. The third kappa shape index (κ3) is 3.34. The number of benzene rings is 5. The molecule has 210 valence electrons. The minimum Gasteiger partial charge on any atom is -0.292 e. The molecule has 5 heterocycles. The summed E-state index contributed by atoms with van der Waals surface area (Å²) in [4.78, 5) is 23.8. The van der Waals surface area contributed by atoms with Gasteiger partial charge in [-0.1, -0.05) is 78.9 Å². The number of aromatic nitrogens is 4. The van der Waals surface area contributed by atoms with Gasteiger partial charge in [0.2, 0.25) is 0 Å². The lowest BCUT2D eigenvalue weighted by Gasteiger charge is -2.14. The van der Waals surface area contributed by atoms with E-state index in [4.69, 9.17) is 4.98 Å². The second-order valence-corrected chi connectivity index (χ2v) is 12.4. The van der Waals surface area contributed by atoms with E-state index >= 15 is 0 Å². The maximum Gasteiger partial charge on any atom is 0.265 e. The smallest absolute Gasteiger partial charge is 0.265 e. The minimum atomic E-state index is -0.109. The van der Waals surface area contributed by atoms with Crippen molar-refractivity contribution in [1.29, 1.82) is 0 Å². The van der Waals surface area contributed by atoms with Crippen molar-refractivity contribution in [2.75, 3.05) is 0 Å². The van der Waals surface area contributed by atoms with E-state index in [1.54, 1.807) is 10.8 Å². The highest BCUT2D eigenvalue weighted by molar-refractivity contribution is 7.26. The van der Waals surface area contributed by atoms with E-state index < -0.39 is 0 Å². The summed E-state index contributed by atoms with van der Waals surface area (Å²) in [7, 11) is 0. The maximum atomic E-state index is 13.8. The molecule has 5 aromatic carbocycles. The fourth-order valence-electron chi connectivity index (χ4n) is 7.04. The number of nitrogens with zero attached hydrogens (tertiary/aromatic N) is 4. The van der Waals surface area contributed by atoms with Gasteiger partial charge in [-0.3, -0.25) is 18.9 Å². The fraction of sp³-hybridized carbons (Fsp3) is 0. The average molecular weight is 595 g/mol. The Labute approximate surface area is 259 Å². The summed E-state index contributed by atoms with van der Waals surface area (Å²) in [6.45, 7) is 0. The Balaban J connectivity index is 1.36. The molecule has 6 heteroatoms. The van der Waals surface area contributed by atoms with Crippen molar-refractivity contribution in [2.45, 2.75) is 0 Å². The average Bonchev–Trinajstić information content (AvgIpc) is 3.65. The Kier molecular flexibility index (Phi) is 4.96. The molecule has 0 unspecified atom stereocenters. The summed E-state index contributed by atoms with van der Waals surface area (Å²) in [5, 5.41) is 7.95. The molecule has 0 radical (unpaired) electrons. The van der Waals surface area contributed by atoms with Crippen molar-refractivity contribution >= 4 is 86.0 Å². The topological polar surface area (TPSA) is 52.7 Å². The third-order valence-electron chi connectivity index (χ3n) is 8.97. The second-order valence-electron chi connectivity index (χ2n) is 11.4. The van der Waals surface area contributed by atoms with Crippen LogP contribution in [0.4, 0.5) is 0 Å². The van der Waals surface area contributed by atoms with Gasteiger partial charge in [-0.2, -0.15) is 0 Å². The molecule has 0 N–H and O–H groups in total. The number of hydrogen-bond acceptors (Lipinski definition) is 4. The lowest BCUT2D eigenvalue weighted by molar-refractivity contribution is 1.04. The molecule has 0 amide bonds. The summed E-state index contributed by atoms with van der Waals surface area (Å²) in [6, 6.07) is 43.6. The lowest BCUT2D eigenvalue weighted by atomic mass is 10.0. The zero-order valence-electron chi connectivity index (χ0n) is 23.8. The Hall–Kier alpha value is -5.85. The van der Waals surface area contributed by atoms with Crippen molar-refractivity contribution in [3.63, 3.8) is 0 Å². The van der Waals surface area contributed by atoms with Crippen LogP contribution in [-0.2, 0) is 0 Å². The van der Waals surface area contributed by atoms with Crippen LogP contribution >= 0.6 is 11.3 Å². The van der Waals surface area contributed by atoms with Gasteiger partial charge < -0.3 is 0 Å². The highest BCUT2D eigenvalue weighted by Gasteiger charge is 2.21. The van der Waals surface area contributed by atoms with Crippen molar-refractivity contribution in [3.8, 4) is 11.5 Å². The monoisotopic (exact) mass is 594 g/mol. The first kappa shape index (κ1) is 24.6. The highest BCUT2D eigenvalue weighted by atomic mass is 32.1. The molecule has 0 atom stereocenters. The fourth-order valence-corrected chi connectivity index (χ4v) is 8.30. The van der Waals surface area contributed by atoms with E-state index in [1.807, 2.05) is 65.9 Å². The van der Waals surface area contributed by atoms with Gasteiger partial charge in [-0.15, -0.1) is 11.3 Å². The van der Waals surface area contributed by atoms with Crippen LogP contribution in [0.1, 0.15) is 0 Å². The van der Waals surface area contributed by atoms with Gasteiger partial charge in [-0.05, 0) is 59.3 Å². The predicted octanol–water partition coefficient (Wildman–Crippen LogP) is 9.55. The molecule has 5 aromatic heterocycles. The quantitative estimate of drug-likeness (QED) is 0.187. The summed E-state index contributed by atoms with van der Waals surface area (Å²) in [6.07, 6.45) is 1.73. The first-order valence-electron chi connectivity index (χ1n) is 14.9. The summed E-state index contributed by atoms with van der Waals surface area (Å²) < 4.78 is 6.53. The van der Waals surface area contributed by atoms with Crippen LogP contribution in [0.5, 0.6) is 0 Å². The molecule has 0 bridgehead atoms. The molecule has 5 nitrogen and oxygen atoms in total. The Bertz CT molecular complexity index is 2900. The first-order chi connectivity index (χ1) is 22.3. The molecular formula is C39H22N4OS. The Morgan fingerprint density at radius 3 is 2.24 bits per heavy atom. The molecule has 0 spiro atoms. The molecule has 0 aliphatic carbocycles. The van der Waals surface area contributed by atoms with Gasteiger partial charge in [0.25, 0.3) is 5.56 Å². The second kappa shape index (κ2) is 9.08. The van der Waals surface area contributed by atoms with Gasteiger partial charge in [0.1, 0.15) is 16.9 Å². The molecule has 10 aromatic rings. The van der Waals surface area contributed by atoms with Gasteiger partial charge in [-0.25, -0.2) is 4.98 Å². The van der Waals surface area contributed by atoms with Crippen LogP contribution in [0.25, 0.3) is 86.2 Å². The number of pyridine rings is 3. The van der Waals surface area contributed by atoms with E-state index in [2.05, 4.69) is 82.3 Å². The van der Waals surface area contributed by atoms with E-state index in [9.17, 15) is 4.79 Å². The summed E-state index contributed by atoms with van der Waals surface area (Å²) in [5.41, 5.74) is 4.92. The van der Waals surface area contributed by atoms with Crippen LogP contribution in [0.3, 0.4) is 0 Å². The molecule has 0 aliphatic rings. The van der Waals surface area contributed by atoms with Crippen molar-refractivity contribution in [1.82, 2.24) is 19.1 Å². The molecule has 45 heavy (non-hydrogen) atoms. The van der Waals surface area contributed by atoms with Gasteiger partial charge in [0.05, 0.1) is 26.6 Å². The zero-order valence-corrected chi connectivity index (χ0v) is 24.6. The number of rotatable bonds is 2. The van der Waals surface area contributed by atoms with Crippen LogP contribution < -0.4 is 5.56 Å². The van der Waals surface area contributed by atoms with Crippen LogP contribution in [0.15, 0.2) is 138 Å². The largest absolute Gasteiger partial charge is 0.292 e. The number of hydrogen-bond donors (Lipinski definition) is 0. The highest BCUT2D eigenvalue weighted by Crippen LogP contribution is 2.44. The lowest BCUT2D eigenvalue weighted by Crippen LogP contribution is -2.20. The summed E-state index contributed by atoms with van der Waals surface area (Å²) >= 11 is 1.83. The molecule has 0 saturated carbocycles. The minimum absolute atomic E-state index is 0.109. The normalized spacial score (nSPS) is 12.1. The standard InChI is InChI=1S/C39H22N4OS/c44-39-29-14-8-22-40-35(29)36-31(42(39)24-10-2-1-3-11-24)19-21-33(41-36)43-30-15-7-6-13-26(30)27-17-18-28-34-25-12-5-4-9-23(25)16-20-32(34)45-38(28)37(27)43/h1-22H. The summed E-state index contributed by atoms with van der Waals surface area (Å²) in [5.74, 6) is 0.786. The SMILES string of the molecule is O=c1c2cccnc2c2nc(-n3c4ccccc4c4ccc5c(sc6ccc7ccccc7c65)c43)ccc2n1-c1ccccc1. The Morgan fingerprint density at radius 1 is 0.556 bits per heavy atom. The van der Waals surface area contributed by atoms with Crippen molar-refractivity contribution in [3.05, 3.63) is 144 Å². The number of para-hydroxylation sites is 2. The zero-order chi connectivity index (χ0) is 29.6. The molecule has 10 rings (SSSR count). The van der Waals surface area contributed by atoms with Gasteiger partial charge in [0, 0.05) is 38.1 Å². The van der Waals surface area contributed by atoms with Crippen LogP contribution in [0.2, 0.25) is 0 Å². The number of fused-ring (bicyclic) bond motifs is 12. The van der Waals surface area contributed by atoms with E-state index in [-0.39, 0.29) is 5.56 Å². The third-order valence-corrected chi connectivity index (χ3v) is 10.1. The van der Waals surface area contributed by atoms with E-state index in [1.165, 1.54) is 41.7 Å². The van der Waals surface area contributed by atoms with Crippen molar-refractivity contribution < 1.29 is 0 Å². The molecule has 0 aliphatic heterocycles. The molecule has 0 fully saturated rings. The number of thiophene rings is 1.